The molecule has 1 N–H and O–H groups in total. The van der Waals surface area contributed by atoms with Crippen LogP contribution < -0.4 is 4.74 Å². The highest BCUT2D eigenvalue weighted by atomic mass is 35.5. The fourth-order valence-electron chi connectivity index (χ4n) is 5.30. The smallest absolute Gasteiger partial charge is 0.188 e. The van der Waals surface area contributed by atoms with Crippen LogP contribution >= 0.6 is 11.6 Å². The van der Waals surface area contributed by atoms with Gasteiger partial charge in [0, 0.05) is 31.5 Å². The van der Waals surface area contributed by atoms with Crippen molar-refractivity contribution >= 4 is 29.5 Å². The second-order valence-corrected chi connectivity index (χ2v) is 18.9. The van der Waals surface area contributed by atoms with Gasteiger partial charge < -0.3 is 14.6 Å². The van der Waals surface area contributed by atoms with Crippen LogP contribution in [0.15, 0.2) is 41.3 Å². The zero-order valence-corrected chi connectivity index (χ0v) is 22.6. The van der Waals surface area contributed by atoms with E-state index in [1.54, 1.807) is 0 Å². The van der Waals surface area contributed by atoms with Crippen LogP contribution in [0.2, 0.25) is 30.7 Å². The minimum absolute atomic E-state index is 0.0433. The van der Waals surface area contributed by atoms with Crippen LogP contribution in [0.4, 0.5) is 8.78 Å². The van der Waals surface area contributed by atoms with Gasteiger partial charge in [0.1, 0.15) is 10.6 Å². The summed E-state index contributed by atoms with van der Waals surface area (Å²) in [6, 6.07) is 8.44. The molecule has 0 amide bonds. The standard InChI is InChI=1S/C25H31ClF2O5SSi/c1-35(2,3)13-12-32-14-18-19-15-33-24-21(28)9-8-20(27)23(24)25(19,11-10-22(18)29)34(30,31)17-6-4-16(26)5-7-17/h4-9,18-19,22,29H,10-15H2,1-3H3/t18-,19-,22+,25?/m0/s1. The van der Waals surface area contributed by atoms with Gasteiger partial charge in [-0.05, 0) is 55.3 Å². The number of hydrogen-bond acceptors (Lipinski definition) is 5. The number of hydrogen-bond donors (Lipinski definition) is 1. The fraction of sp³-hybridized carbons (Fsp3) is 0.520. The third kappa shape index (κ3) is 4.78. The summed E-state index contributed by atoms with van der Waals surface area (Å²) < 4.78 is 68.5. The molecule has 35 heavy (non-hydrogen) atoms. The zero-order valence-electron chi connectivity index (χ0n) is 20.1. The predicted octanol–water partition coefficient (Wildman–Crippen LogP) is 5.42. The van der Waals surface area contributed by atoms with Gasteiger partial charge in [-0.15, -0.1) is 0 Å². The van der Waals surface area contributed by atoms with Crippen molar-refractivity contribution in [1.29, 1.82) is 0 Å². The molecule has 2 aliphatic rings. The summed E-state index contributed by atoms with van der Waals surface area (Å²) in [4.78, 5) is -0.0433. The molecule has 1 saturated carbocycles. The highest BCUT2D eigenvalue weighted by Gasteiger charge is 2.62. The van der Waals surface area contributed by atoms with Crippen LogP contribution in [-0.4, -0.2) is 47.5 Å². The van der Waals surface area contributed by atoms with E-state index in [0.717, 1.165) is 18.2 Å². The van der Waals surface area contributed by atoms with Gasteiger partial charge in [0.2, 0.25) is 0 Å². The molecule has 2 aromatic carbocycles. The van der Waals surface area contributed by atoms with E-state index in [0.29, 0.717) is 11.6 Å². The van der Waals surface area contributed by atoms with E-state index in [2.05, 4.69) is 19.6 Å². The molecule has 4 atom stereocenters. The minimum Gasteiger partial charge on any atom is -0.490 e. The van der Waals surface area contributed by atoms with Gasteiger partial charge in [-0.25, -0.2) is 17.2 Å². The molecule has 0 radical (unpaired) electrons. The second kappa shape index (κ2) is 9.74. The molecule has 192 valence electrons. The maximum absolute atomic E-state index is 15.4. The lowest BCUT2D eigenvalue weighted by atomic mass is 9.66. The van der Waals surface area contributed by atoms with Crippen molar-refractivity contribution < 1.29 is 31.8 Å². The Balaban J connectivity index is 1.83. The largest absolute Gasteiger partial charge is 0.490 e. The lowest BCUT2D eigenvalue weighted by Crippen LogP contribution is -2.58. The van der Waals surface area contributed by atoms with Crippen molar-refractivity contribution in [2.75, 3.05) is 19.8 Å². The first kappa shape index (κ1) is 26.5. The fourth-order valence-corrected chi connectivity index (χ4v) is 8.59. The van der Waals surface area contributed by atoms with E-state index in [9.17, 15) is 17.9 Å². The van der Waals surface area contributed by atoms with Crippen LogP contribution in [0, 0.1) is 23.5 Å². The van der Waals surface area contributed by atoms with Crippen molar-refractivity contribution in [2.24, 2.45) is 11.8 Å². The van der Waals surface area contributed by atoms with Crippen molar-refractivity contribution in [1.82, 2.24) is 0 Å². The molecular formula is C25H31ClF2O5SSi. The van der Waals surface area contributed by atoms with Gasteiger partial charge in [0.15, 0.2) is 21.4 Å². The van der Waals surface area contributed by atoms with Crippen molar-refractivity contribution in [3.05, 3.63) is 58.6 Å². The maximum atomic E-state index is 15.4. The first-order valence-corrected chi connectivity index (χ1v) is 17.3. The topological polar surface area (TPSA) is 72.8 Å². The van der Waals surface area contributed by atoms with Crippen LogP contribution in [0.25, 0.3) is 0 Å². The van der Waals surface area contributed by atoms with Crippen molar-refractivity contribution in [2.45, 2.75) is 54.3 Å². The average Bonchev–Trinajstić information content (AvgIpc) is 2.79. The minimum atomic E-state index is -4.27. The SMILES string of the molecule is C[Si](C)(C)CCOC[C@@H]1[C@H](O)CCC2(S(=O)(=O)c3ccc(Cl)cc3)c3c(F)ccc(F)c3OC[C@@H]12. The first-order chi connectivity index (χ1) is 16.4. The van der Waals surface area contributed by atoms with Crippen molar-refractivity contribution in [3.63, 3.8) is 0 Å². The normalized spacial score (nSPS) is 26.5. The van der Waals surface area contributed by atoms with Crippen LogP contribution in [-0.2, 0) is 19.3 Å². The maximum Gasteiger partial charge on any atom is 0.188 e. The van der Waals surface area contributed by atoms with Crippen LogP contribution in [0.1, 0.15) is 18.4 Å². The predicted molar refractivity (Wildman–Crippen MR) is 133 cm³/mol. The number of ether oxygens (including phenoxy) is 2. The summed E-state index contributed by atoms with van der Waals surface area (Å²) in [7, 11) is -5.63. The third-order valence-corrected chi connectivity index (χ3v) is 11.7. The summed E-state index contributed by atoms with van der Waals surface area (Å²) in [5.41, 5.74) is -0.303. The Morgan fingerprint density at radius 3 is 2.46 bits per heavy atom. The number of aliphatic hydroxyl groups is 1. The Kier molecular flexibility index (Phi) is 7.39. The number of fused-ring (bicyclic) bond motifs is 3. The number of aliphatic hydroxyl groups excluding tert-OH is 1. The van der Waals surface area contributed by atoms with E-state index in [1.807, 2.05) is 0 Å². The van der Waals surface area contributed by atoms with Gasteiger partial charge in [-0.2, -0.15) is 0 Å². The van der Waals surface area contributed by atoms with Crippen LogP contribution in [0.5, 0.6) is 5.75 Å². The first-order valence-electron chi connectivity index (χ1n) is 11.8. The second-order valence-electron chi connectivity index (χ2n) is 10.7. The Morgan fingerprint density at radius 1 is 1.14 bits per heavy atom. The van der Waals surface area contributed by atoms with E-state index in [4.69, 9.17) is 21.1 Å². The number of rotatable bonds is 7. The molecule has 1 fully saturated rings. The Bertz CT molecular complexity index is 1190. The van der Waals surface area contributed by atoms with E-state index >= 15 is 4.39 Å². The summed E-state index contributed by atoms with van der Waals surface area (Å²) in [6.07, 6.45) is -0.839. The average molecular weight is 545 g/mol. The summed E-state index contributed by atoms with van der Waals surface area (Å²) in [6.45, 7) is 7.07. The number of halogens is 3. The van der Waals surface area contributed by atoms with Gasteiger partial charge in [-0.3, -0.25) is 0 Å². The molecule has 1 unspecified atom stereocenters. The quantitative estimate of drug-likeness (QED) is 0.372. The van der Waals surface area contributed by atoms with E-state index in [1.165, 1.54) is 24.3 Å². The molecule has 0 spiro atoms. The molecule has 0 aromatic heterocycles. The molecule has 10 heteroatoms. The Labute approximate surface area is 211 Å². The molecular weight excluding hydrogens is 514 g/mol. The van der Waals surface area contributed by atoms with Crippen LogP contribution in [0.3, 0.4) is 0 Å². The summed E-state index contributed by atoms with van der Waals surface area (Å²) in [5, 5.41) is 11.3. The molecule has 2 aromatic rings. The summed E-state index contributed by atoms with van der Waals surface area (Å²) in [5.74, 6) is -3.53. The molecule has 1 heterocycles. The molecule has 5 nitrogen and oxygen atoms in total. The van der Waals surface area contributed by atoms with Gasteiger partial charge in [-0.1, -0.05) is 31.2 Å². The van der Waals surface area contributed by atoms with E-state index in [-0.39, 0.29) is 42.3 Å². The van der Waals surface area contributed by atoms with E-state index < -0.39 is 52.2 Å². The highest BCUT2D eigenvalue weighted by molar-refractivity contribution is 7.92. The third-order valence-electron chi connectivity index (χ3n) is 7.22. The zero-order chi connectivity index (χ0) is 25.6. The molecule has 1 aliphatic carbocycles. The molecule has 0 saturated heterocycles. The van der Waals surface area contributed by atoms with Crippen molar-refractivity contribution in [3.8, 4) is 5.75 Å². The van der Waals surface area contributed by atoms with Gasteiger partial charge in [0.25, 0.3) is 0 Å². The lowest BCUT2D eigenvalue weighted by molar-refractivity contribution is -0.0583. The Hall–Kier alpha value is -1.52. The molecule has 4 rings (SSSR count). The van der Waals surface area contributed by atoms with Gasteiger partial charge in [0.05, 0.1) is 29.8 Å². The monoisotopic (exact) mass is 544 g/mol. The summed E-state index contributed by atoms with van der Waals surface area (Å²) >= 11 is 5.98. The highest BCUT2D eigenvalue weighted by Crippen LogP contribution is 2.58. The molecule has 0 bridgehead atoms. The number of sulfone groups is 1. The number of benzene rings is 2. The van der Waals surface area contributed by atoms with Gasteiger partial charge >= 0.3 is 0 Å². The lowest BCUT2D eigenvalue weighted by Gasteiger charge is -2.51. The molecule has 1 aliphatic heterocycles. The Morgan fingerprint density at radius 2 is 1.80 bits per heavy atom.